The molecule has 1 aromatic carbocycles. The molecule has 2 rings (SSSR count). The van der Waals surface area contributed by atoms with Crippen molar-refractivity contribution >= 4 is 5.91 Å². The number of halogens is 1. The van der Waals surface area contributed by atoms with Gasteiger partial charge in [-0.05, 0) is 37.7 Å². The molecule has 1 atom stereocenters. The normalized spacial score (nSPS) is 20.5. The van der Waals surface area contributed by atoms with Crippen LogP contribution in [-0.2, 0) is 11.3 Å². The average Bonchev–Trinajstić information content (AvgIpc) is 2.75. The Balaban J connectivity index is 1.82. The highest BCUT2D eigenvalue weighted by Crippen LogP contribution is 2.14. The summed E-state index contributed by atoms with van der Waals surface area (Å²) in [7, 11) is 2.02. The van der Waals surface area contributed by atoms with E-state index in [2.05, 4.69) is 10.2 Å². The zero-order chi connectivity index (χ0) is 12.3. The van der Waals surface area contributed by atoms with E-state index in [0.717, 1.165) is 25.1 Å². The van der Waals surface area contributed by atoms with Crippen molar-refractivity contribution in [2.45, 2.75) is 13.0 Å². The van der Waals surface area contributed by atoms with Gasteiger partial charge in [0, 0.05) is 13.1 Å². The Bertz CT molecular complexity index is 391. The minimum Gasteiger partial charge on any atom is -0.352 e. The molecule has 1 aliphatic rings. The molecule has 92 valence electrons. The van der Waals surface area contributed by atoms with E-state index >= 15 is 0 Å². The lowest BCUT2D eigenvalue weighted by Crippen LogP contribution is -2.31. The molecule has 0 aromatic heterocycles. The largest absolute Gasteiger partial charge is 0.352 e. The summed E-state index contributed by atoms with van der Waals surface area (Å²) in [4.78, 5) is 14.0. The van der Waals surface area contributed by atoms with Gasteiger partial charge in [0.2, 0.25) is 5.91 Å². The Hall–Kier alpha value is -1.42. The van der Waals surface area contributed by atoms with E-state index in [1.54, 1.807) is 12.1 Å². The topological polar surface area (TPSA) is 32.3 Å². The van der Waals surface area contributed by atoms with E-state index in [4.69, 9.17) is 0 Å². The van der Waals surface area contributed by atoms with E-state index in [0.29, 0.717) is 6.54 Å². The predicted octanol–water partition coefficient (Wildman–Crippen LogP) is 1.39. The standard InChI is InChI=1S/C13H17FN2O/c1-16-7-6-11(9-16)13(17)15-8-10-2-4-12(14)5-3-10/h2-5,11H,6-9H2,1H3,(H,15,17). The first kappa shape index (κ1) is 12.0. The highest BCUT2D eigenvalue weighted by Gasteiger charge is 2.25. The first-order valence-electron chi connectivity index (χ1n) is 5.86. The van der Waals surface area contributed by atoms with Crippen LogP contribution in [0.2, 0.25) is 0 Å². The number of likely N-dealkylation sites (tertiary alicyclic amines) is 1. The summed E-state index contributed by atoms with van der Waals surface area (Å²) in [6.45, 7) is 2.28. The lowest BCUT2D eigenvalue weighted by Gasteiger charge is -2.11. The first-order valence-corrected chi connectivity index (χ1v) is 5.86. The average molecular weight is 236 g/mol. The van der Waals surface area contributed by atoms with Gasteiger partial charge < -0.3 is 10.2 Å². The summed E-state index contributed by atoms with van der Waals surface area (Å²) >= 11 is 0. The second kappa shape index (κ2) is 5.27. The zero-order valence-corrected chi connectivity index (χ0v) is 9.95. The van der Waals surface area contributed by atoms with Crippen molar-refractivity contribution in [2.24, 2.45) is 5.92 Å². The van der Waals surface area contributed by atoms with Crippen LogP contribution in [0.4, 0.5) is 4.39 Å². The monoisotopic (exact) mass is 236 g/mol. The molecule has 3 nitrogen and oxygen atoms in total. The van der Waals surface area contributed by atoms with Crippen LogP contribution in [0, 0.1) is 11.7 Å². The molecule has 1 unspecified atom stereocenters. The first-order chi connectivity index (χ1) is 8.15. The van der Waals surface area contributed by atoms with Gasteiger partial charge in [-0.1, -0.05) is 12.1 Å². The second-order valence-electron chi connectivity index (χ2n) is 4.59. The maximum absolute atomic E-state index is 12.7. The summed E-state index contributed by atoms with van der Waals surface area (Å²) < 4.78 is 12.7. The van der Waals surface area contributed by atoms with Crippen molar-refractivity contribution in [3.8, 4) is 0 Å². The van der Waals surface area contributed by atoms with Gasteiger partial charge in [-0.2, -0.15) is 0 Å². The minimum atomic E-state index is -0.252. The van der Waals surface area contributed by atoms with Gasteiger partial charge in [-0.15, -0.1) is 0 Å². The van der Waals surface area contributed by atoms with Crippen LogP contribution in [0.5, 0.6) is 0 Å². The molecular weight excluding hydrogens is 219 g/mol. The molecule has 0 saturated carbocycles. The van der Waals surface area contributed by atoms with E-state index < -0.39 is 0 Å². The third kappa shape index (κ3) is 3.27. The molecule has 1 aromatic rings. The molecule has 1 aliphatic heterocycles. The van der Waals surface area contributed by atoms with Gasteiger partial charge in [-0.3, -0.25) is 4.79 Å². The molecule has 0 aliphatic carbocycles. The second-order valence-corrected chi connectivity index (χ2v) is 4.59. The molecule has 4 heteroatoms. The summed E-state index contributed by atoms with van der Waals surface area (Å²) in [5.41, 5.74) is 0.922. The molecule has 1 N–H and O–H groups in total. The summed E-state index contributed by atoms with van der Waals surface area (Å²) in [5, 5.41) is 2.89. The molecule has 1 saturated heterocycles. The fraction of sp³-hybridized carbons (Fsp3) is 0.462. The lowest BCUT2D eigenvalue weighted by molar-refractivity contribution is -0.124. The summed E-state index contributed by atoms with van der Waals surface area (Å²) in [5.74, 6) is -0.0587. The van der Waals surface area contributed by atoms with Crippen LogP contribution in [-0.4, -0.2) is 30.9 Å². The highest BCUT2D eigenvalue weighted by molar-refractivity contribution is 5.79. The van der Waals surface area contributed by atoms with Crippen molar-refractivity contribution in [2.75, 3.05) is 20.1 Å². The molecule has 1 heterocycles. The van der Waals surface area contributed by atoms with Crippen LogP contribution in [0.25, 0.3) is 0 Å². The Morgan fingerprint density at radius 3 is 2.76 bits per heavy atom. The van der Waals surface area contributed by atoms with Gasteiger partial charge in [0.05, 0.1) is 5.92 Å². The predicted molar refractivity (Wildman–Crippen MR) is 63.9 cm³/mol. The number of nitrogens with zero attached hydrogens (tertiary/aromatic N) is 1. The Morgan fingerprint density at radius 2 is 2.18 bits per heavy atom. The fourth-order valence-corrected chi connectivity index (χ4v) is 2.08. The van der Waals surface area contributed by atoms with Gasteiger partial charge >= 0.3 is 0 Å². The van der Waals surface area contributed by atoms with E-state index in [1.165, 1.54) is 12.1 Å². The molecule has 1 fully saturated rings. The third-order valence-electron chi connectivity index (χ3n) is 3.14. The minimum absolute atomic E-state index is 0.0960. The Labute approximate surface area is 101 Å². The number of hydrogen-bond acceptors (Lipinski definition) is 2. The number of carbonyl (C=O) groups is 1. The molecule has 17 heavy (non-hydrogen) atoms. The highest BCUT2D eigenvalue weighted by atomic mass is 19.1. The van der Waals surface area contributed by atoms with Crippen molar-refractivity contribution in [1.29, 1.82) is 0 Å². The number of rotatable bonds is 3. The van der Waals surface area contributed by atoms with Crippen molar-refractivity contribution in [3.63, 3.8) is 0 Å². The lowest BCUT2D eigenvalue weighted by atomic mass is 10.1. The summed E-state index contributed by atoms with van der Waals surface area (Å²) in [6, 6.07) is 6.20. The van der Waals surface area contributed by atoms with Crippen LogP contribution in [0.15, 0.2) is 24.3 Å². The maximum Gasteiger partial charge on any atom is 0.224 e. The van der Waals surface area contributed by atoms with E-state index in [1.807, 2.05) is 7.05 Å². The van der Waals surface area contributed by atoms with Crippen LogP contribution in [0.3, 0.4) is 0 Å². The number of nitrogens with one attached hydrogen (secondary N) is 1. The van der Waals surface area contributed by atoms with Gasteiger partial charge in [0.15, 0.2) is 0 Å². The van der Waals surface area contributed by atoms with Crippen molar-refractivity contribution in [3.05, 3.63) is 35.6 Å². The third-order valence-corrected chi connectivity index (χ3v) is 3.14. The molecule has 1 amide bonds. The number of carbonyl (C=O) groups excluding carboxylic acids is 1. The van der Waals surface area contributed by atoms with Crippen molar-refractivity contribution < 1.29 is 9.18 Å². The van der Waals surface area contributed by atoms with Gasteiger partial charge in [0.1, 0.15) is 5.82 Å². The molecule has 0 spiro atoms. The zero-order valence-electron chi connectivity index (χ0n) is 9.95. The van der Waals surface area contributed by atoms with Gasteiger partial charge in [0.25, 0.3) is 0 Å². The number of benzene rings is 1. The SMILES string of the molecule is CN1CCC(C(=O)NCc2ccc(F)cc2)C1. The summed E-state index contributed by atoms with van der Waals surface area (Å²) in [6.07, 6.45) is 0.922. The van der Waals surface area contributed by atoms with E-state index in [-0.39, 0.29) is 17.6 Å². The maximum atomic E-state index is 12.7. The number of hydrogen-bond donors (Lipinski definition) is 1. The number of amides is 1. The van der Waals surface area contributed by atoms with Crippen LogP contribution in [0.1, 0.15) is 12.0 Å². The fourth-order valence-electron chi connectivity index (χ4n) is 2.08. The van der Waals surface area contributed by atoms with Crippen molar-refractivity contribution in [1.82, 2.24) is 10.2 Å². The van der Waals surface area contributed by atoms with Crippen LogP contribution >= 0.6 is 0 Å². The molecule has 0 radical (unpaired) electrons. The smallest absolute Gasteiger partial charge is 0.224 e. The van der Waals surface area contributed by atoms with Crippen LogP contribution < -0.4 is 5.32 Å². The quantitative estimate of drug-likeness (QED) is 0.860. The Kier molecular flexibility index (Phi) is 3.74. The van der Waals surface area contributed by atoms with E-state index in [9.17, 15) is 9.18 Å². The Morgan fingerprint density at radius 1 is 1.47 bits per heavy atom. The van der Waals surface area contributed by atoms with Gasteiger partial charge in [-0.25, -0.2) is 4.39 Å². The molecular formula is C13H17FN2O. The molecule has 0 bridgehead atoms.